The predicted molar refractivity (Wildman–Crippen MR) is 98.8 cm³/mol. The molecule has 0 radical (unpaired) electrons. The monoisotopic (exact) mass is 461 g/mol. The largest absolute Gasteiger partial charge is 0.493 e. The molecule has 126 valence electrons. The highest BCUT2D eigenvalue weighted by molar-refractivity contribution is 14.1. The fourth-order valence-electron chi connectivity index (χ4n) is 2.51. The van der Waals surface area contributed by atoms with Gasteiger partial charge in [0.05, 0.1) is 23.1 Å². The van der Waals surface area contributed by atoms with E-state index < -0.39 is 5.82 Å². The first-order valence-corrected chi connectivity index (χ1v) is 8.65. The van der Waals surface area contributed by atoms with Crippen LogP contribution in [-0.2, 0) is 0 Å². The number of fused-ring (bicyclic) bond motifs is 1. The number of anilines is 1. The molecule has 1 atom stereocenters. The quantitative estimate of drug-likeness (QED) is 0.598. The molecule has 0 amide bonds. The first kappa shape index (κ1) is 17.2. The molecule has 9 heteroatoms. The predicted octanol–water partition coefficient (Wildman–Crippen LogP) is 3.81. The van der Waals surface area contributed by atoms with E-state index in [1.807, 2.05) is 13.8 Å². The van der Waals surface area contributed by atoms with Crippen molar-refractivity contribution in [1.29, 1.82) is 0 Å². The Labute approximate surface area is 156 Å². The van der Waals surface area contributed by atoms with Crippen molar-refractivity contribution < 1.29 is 9.13 Å². The first-order chi connectivity index (χ1) is 11.4. The zero-order valence-electron chi connectivity index (χ0n) is 12.9. The summed E-state index contributed by atoms with van der Waals surface area (Å²) in [5, 5.41) is 5.23. The summed E-state index contributed by atoms with van der Waals surface area (Å²) < 4.78 is 21.7. The molecule has 0 aliphatic heterocycles. The van der Waals surface area contributed by atoms with Crippen molar-refractivity contribution >= 4 is 51.0 Å². The molecule has 0 spiro atoms. The maximum Gasteiger partial charge on any atom is 0.165 e. The molecule has 0 saturated carbocycles. The topological polar surface area (TPSA) is 78.9 Å². The summed E-state index contributed by atoms with van der Waals surface area (Å²) in [4.78, 5) is 8.28. The van der Waals surface area contributed by atoms with E-state index >= 15 is 0 Å². The lowest BCUT2D eigenvalue weighted by Crippen LogP contribution is -2.12. The van der Waals surface area contributed by atoms with Crippen molar-refractivity contribution in [1.82, 2.24) is 19.7 Å². The molecule has 24 heavy (non-hydrogen) atoms. The number of halogens is 3. The normalized spacial score (nSPS) is 12.5. The van der Waals surface area contributed by atoms with Crippen LogP contribution in [0.3, 0.4) is 0 Å². The Morgan fingerprint density at radius 2 is 2.17 bits per heavy atom. The van der Waals surface area contributed by atoms with Crippen molar-refractivity contribution in [3.63, 3.8) is 0 Å². The van der Waals surface area contributed by atoms with Gasteiger partial charge in [-0.15, -0.1) is 0 Å². The van der Waals surface area contributed by atoms with Crippen LogP contribution in [0.2, 0.25) is 5.02 Å². The van der Waals surface area contributed by atoms with Gasteiger partial charge in [0.1, 0.15) is 27.4 Å². The molecular weight excluding hydrogens is 448 g/mol. The van der Waals surface area contributed by atoms with Crippen LogP contribution < -0.4 is 10.5 Å². The van der Waals surface area contributed by atoms with E-state index in [4.69, 9.17) is 22.1 Å². The zero-order chi connectivity index (χ0) is 17.4. The van der Waals surface area contributed by atoms with Gasteiger partial charge < -0.3 is 10.5 Å². The van der Waals surface area contributed by atoms with Crippen LogP contribution in [0.25, 0.3) is 11.0 Å². The van der Waals surface area contributed by atoms with Crippen LogP contribution >= 0.6 is 34.2 Å². The van der Waals surface area contributed by atoms with E-state index in [9.17, 15) is 4.39 Å². The Morgan fingerprint density at radius 1 is 1.42 bits per heavy atom. The van der Waals surface area contributed by atoms with Gasteiger partial charge in [0.2, 0.25) is 0 Å². The number of ether oxygens (including phenoxy) is 1. The maximum atomic E-state index is 13.8. The van der Waals surface area contributed by atoms with Gasteiger partial charge in [0, 0.05) is 11.6 Å². The van der Waals surface area contributed by atoms with E-state index in [-0.39, 0.29) is 11.1 Å². The molecule has 0 aliphatic rings. The van der Waals surface area contributed by atoms with Gasteiger partial charge in [0.15, 0.2) is 5.65 Å². The van der Waals surface area contributed by atoms with E-state index in [0.717, 1.165) is 0 Å². The number of benzene rings is 1. The first-order valence-electron chi connectivity index (χ1n) is 7.20. The molecule has 3 rings (SSSR count). The van der Waals surface area contributed by atoms with Crippen LogP contribution in [0, 0.1) is 9.52 Å². The van der Waals surface area contributed by atoms with E-state index in [2.05, 4.69) is 37.7 Å². The van der Waals surface area contributed by atoms with Crippen LogP contribution in [-0.4, -0.2) is 26.4 Å². The standard InChI is InChI=1S/C15H14ClFIN5O/c1-3-24-11-5-10(17)9(16)4-8(11)7(2)23-15-12(13(18)22-23)14(19)20-6-21-15/h4-7H,3H2,1-2H3,(H2,19,20,21). The average Bonchev–Trinajstić information content (AvgIpc) is 2.88. The summed E-state index contributed by atoms with van der Waals surface area (Å²) in [5.74, 6) is 0.264. The molecular formula is C15H14ClFIN5O. The minimum absolute atomic E-state index is 0.0283. The number of hydrogen-bond donors (Lipinski definition) is 1. The summed E-state index contributed by atoms with van der Waals surface area (Å²) in [7, 11) is 0. The molecule has 2 heterocycles. The Bertz CT molecular complexity index is 917. The van der Waals surface area contributed by atoms with Crippen LogP contribution in [0.15, 0.2) is 18.5 Å². The Hall–Kier alpha value is -1.68. The summed E-state index contributed by atoms with van der Waals surface area (Å²) in [6, 6.07) is 2.56. The fourth-order valence-corrected chi connectivity index (χ4v) is 3.43. The molecule has 2 N–H and O–H groups in total. The van der Waals surface area contributed by atoms with Crippen molar-refractivity contribution in [2.24, 2.45) is 0 Å². The second-order valence-corrected chi connectivity index (χ2v) is 6.54. The van der Waals surface area contributed by atoms with Crippen LogP contribution in [0.4, 0.5) is 10.2 Å². The van der Waals surface area contributed by atoms with Gasteiger partial charge >= 0.3 is 0 Å². The maximum absolute atomic E-state index is 13.8. The van der Waals surface area contributed by atoms with Crippen molar-refractivity contribution in [2.45, 2.75) is 19.9 Å². The van der Waals surface area contributed by atoms with E-state index in [1.165, 1.54) is 12.4 Å². The SMILES string of the molecule is CCOc1cc(F)c(Cl)cc1C(C)n1nc(I)c2c(N)ncnc21. The van der Waals surface area contributed by atoms with Gasteiger partial charge in [-0.2, -0.15) is 5.10 Å². The summed E-state index contributed by atoms with van der Waals surface area (Å²) in [6.07, 6.45) is 1.39. The second-order valence-electron chi connectivity index (χ2n) is 5.11. The van der Waals surface area contributed by atoms with Crippen molar-refractivity contribution in [3.05, 3.63) is 38.6 Å². The fraction of sp³-hybridized carbons (Fsp3) is 0.267. The number of aromatic nitrogens is 4. The summed E-state index contributed by atoms with van der Waals surface area (Å²) in [5.41, 5.74) is 7.23. The molecule has 3 aromatic rings. The number of nitrogens with two attached hydrogens (primary N) is 1. The van der Waals surface area contributed by atoms with E-state index in [1.54, 1.807) is 10.7 Å². The number of hydrogen-bond acceptors (Lipinski definition) is 5. The van der Waals surface area contributed by atoms with Gasteiger partial charge in [-0.1, -0.05) is 11.6 Å². The van der Waals surface area contributed by atoms with Crippen LogP contribution in [0.5, 0.6) is 5.75 Å². The van der Waals surface area contributed by atoms with E-state index in [0.29, 0.717) is 38.5 Å². The van der Waals surface area contributed by atoms with Crippen molar-refractivity contribution in [3.8, 4) is 5.75 Å². The Morgan fingerprint density at radius 3 is 2.88 bits per heavy atom. The summed E-state index contributed by atoms with van der Waals surface area (Å²) in [6.45, 7) is 4.15. The smallest absolute Gasteiger partial charge is 0.165 e. The van der Waals surface area contributed by atoms with Gasteiger partial charge in [-0.25, -0.2) is 19.0 Å². The minimum Gasteiger partial charge on any atom is -0.493 e. The molecule has 1 unspecified atom stereocenters. The van der Waals surface area contributed by atoms with Gasteiger partial charge in [-0.05, 0) is 42.5 Å². The third-order valence-corrected chi connectivity index (χ3v) is 4.69. The second kappa shape index (κ2) is 6.67. The number of nitrogen functional groups attached to an aromatic ring is 1. The molecule has 2 aromatic heterocycles. The lowest BCUT2D eigenvalue weighted by molar-refractivity contribution is 0.330. The Kier molecular flexibility index (Phi) is 4.77. The molecule has 0 bridgehead atoms. The van der Waals surface area contributed by atoms with Gasteiger partial charge in [-0.3, -0.25) is 0 Å². The summed E-state index contributed by atoms with van der Waals surface area (Å²) >= 11 is 8.04. The highest BCUT2D eigenvalue weighted by Gasteiger charge is 2.22. The third-order valence-electron chi connectivity index (χ3n) is 3.64. The molecule has 0 fully saturated rings. The highest BCUT2D eigenvalue weighted by Crippen LogP contribution is 2.34. The molecule has 6 nitrogen and oxygen atoms in total. The average molecular weight is 462 g/mol. The minimum atomic E-state index is -0.525. The number of nitrogens with zero attached hydrogens (tertiary/aromatic N) is 4. The highest BCUT2D eigenvalue weighted by atomic mass is 127. The third kappa shape index (κ3) is 2.88. The van der Waals surface area contributed by atoms with Gasteiger partial charge in [0.25, 0.3) is 0 Å². The lowest BCUT2D eigenvalue weighted by Gasteiger charge is -2.18. The zero-order valence-corrected chi connectivity index (χ0v) is 15.8. The Balaban J connectivity index is 2.18. The lowest BCUT2D eigenvalue weighted by atomic mass is 10.1. The van der Waals surface area contributed by atoms with Crippen LogP contribution in [0.1, 0.15) is 25.5 Å². The van der Waals surface area contributed by atoms with Crippen molar-refractivity contribution in [2.75, 3.05) is 12.3 Å². The molecule has 0 saturated heterocycles. The molecule has 0 aliphatic carbocycles. The number of rotatable bonds is 4. The molecule has 1 aromatic carbocycles.